The van der Waals surface area contributed by atoms with Gasteiger partial charge < -0.3 is 20.7 Å². The molecule has 0 atom stereocenters. The van der Waals surface area contributed by atoms with Crippen molar-refractivity contribution in [2.75, 3.05) is 23.7 Å². The van der Waals surface area contributed by atoms with E-state index in [-0.39, 0.29) is 22.8 Å². The van der Waals surface area contributed by atoms with E-state index in [9.17, 15) is 21.6 Å². The van der Waals surface area contributed by atoms with E-state index in [2.05, 4.69) is 31.0 Å². The second kappa shape index (κ2) is 11.1. The molecule has 3 N–H and O–H groups in total. The van der Waals surface area contributed by atoms with E-state index >= 15 is 0 Å². The Balaban J connectivity index is 1.51. The fourth-order valence-corrected chi connectivity index (χ4v) is 5.92. The molecule has 0 spiro atoms. The SMILES string of the molecule is Cc1cc(Nc2ncc(C(F)(F)F)c(Nc3cn(C)nc3S(=O)(=O)C(C)C)n2)c(OC2CC2)cc1C1CCNCC1. The summed E-state index contributed by atoms with van der Waals surface area (Å²) in [5.74, 6) is 0.284. The van der Waals surface area contributed by atoms with Crippen LogP contribution in [0.2, 0.25) is 0 Å². The number of alkyl halides is 3. The number of benzene rings is 1. The topological polar surface area (TPSA) is 123 Å². The second-order valence-electron chi connectivity index (χ2n) is 10.9. The molecule has 1 saturated carbocycles. The fourth-order valence-electron chi connectivity index (χ4n) is 4.82. The first-order valence-corrected chi connectivity index (χ1v) is 15.1. The van der Waals surface area contributed by atoms with E-state index in [4.69, 9.17) is 4.74 Å². The number of sulfone groups is 1. The summed E-state index contributed by atoms with van der Waals surface area (Å²) in [6, 6.07) is 3.94. The van der Waals surface area contributed by atoms with Crippen molar-refractivity contribution in [3.63, 3.8) is 0 Å². The number of nitrogens with one attached hydrogen (secondary N) is 3. The Bertz CT molecular complexity index is 1530. The predicted molar refractivity (Wildman–Crippen MR) is 149 cm³/mol. The molecule has 3 heterocycles. The van der Waals surface area contributed by atoms with Crippen LogP contribution in [-0.2, 0) is 23.1 Å². The molecule has 3 aromatic rings. The van der Waals surface area contributed by atoms with E-state index < -0.39 is 32.6 Å². The van der Waals surface area contributed by atoms with Crippen molar-refractivity contribution < 1.29 is 26.3 Å². The van der Waals surface area contributed by atoms with Crippen molar-refractivity contribution in [2.45, 2.75) is 74.9 Å². The first kappa shape index (κ1) is 29.1. The van der Waals surface area contributed by atoms with E-state index in [0.29, 0.717) is 23.6 Å². The molecule has 0 amide bonds. The lowest BCUT2D eigenvalue weighted by Crippen LogP contribution is -2.27. The molecule has 1 saturated heterocycles. The Labute approximate surface area is 237 Å². The third-order valence-corrected chi connectivity index (χ3v) is 9.33. The number of hydrogen-bond acceptors (Lipinski definition) is 9. The summed E-state index contributed by atoms with van der Waals surface area (Å²) in [6.45, 7) is 6.83. The molecule has 41 heavy (non-hydrogen) atoms. The van der Waals surface area contributed by atoms with Crippen LogP contribution in [0.15, 0.2) is 29.6 Å². The van der Waals surface area contributed by atoms with Crippen LogP contribution >= 0.6 is 0 Å². The molecular formula is C27H34F3N7O3S. The van der Waals surface area contributed by atoms with E-state index in [1.807, 2.05) is 19.1 Å². The van der Waals surface area contributed by atoms with Gasteiger partial charge in [0.25, 0.3) is 0 Å². The van der Waals surface area contributed by atoms with Crippen molar-refractivity contribution in [1.29, 1.82) is 0 Å². The number of aromatic nitrogens is 4. The molecule has 1 aliphatic heterocycles. The number of rotatable bonds is 9. The molecule has 14 heteroatoms. The Morgan fingerprint density at radius 1 is 1.10 bits per heavy atom. The maximum atomic E-state index is 14.0. The number of nitrogens with zero attached hydrogens (tertiary/aromatic N) is 4. The highest BCUT2D eigenvalue weighted by Gasteiger charge is 2.37. The number of anilines is 4. The summed E-state index contributed by atoms with van der Waals surface area (Å²) < 4.78 is 75.0. The van der Waals surface area contributed by atoms with Crippen LogP contribution in [0.1, 0.15) is 62.1 Å². The minimum Gasteiger partial charge on any atom is -0.488 e. The minimum atomic E-state index is -4.80. The number of halogens is 3. The first-order chi connectivity index (χ1) is 19.3. The van der Waals surface area contributed by atoms with Gasteiger partial charge in [0.2, 0.25) is 20.8 Å². The average Bonchev–Trinajstić information content (AvgIpc) is 3.64. The van der Waals surface area contributed by atoms with E-state index in [0.717, 1.165) is 44.3 Å². The smallest absolute Gasteiger partial charge is 0.421 e. The van der Waals surface area contributed by atoms with Gasteiger partial charge >= 0.3 is 6.18 Å². The highest BCUT2D eigenvalue weighted by atomic mass is 32.2. The van der Waals surface area contributed by atoms with Crippen LogP contribution in [0.4, 0.5) is 36.3 Å². The maximum absolute atomic E-state index is 14.0. The van der Waals surface area contributed by atoms with Gasteiger partial charge in [0.05, 0.1) is 22.7 Å². The Hall–Kier alpha value is -3.39. The van der Waals surface area contributed by atoms with Gasteiger partial charge in [0, 0.05) is 19.4 Å². The second-order valence-corrected chi connectivity index (χ2v) is 13.3. The van der Waals surface area contributed by atoms with Gasteiger partial charge in [0.15, 0.2) is 0 Å². The zero-order valence-electron chi connectivity index (χ0n) is 23.3. The molecule has 222 valence electrons. The first-order valence-electron chi connectivity index (χ1n) is 13.6. The molecule has 1 aromatic carbocycles. The summed E-state index contributed by atoms with van der Waals surface area (Å²) >= 11 is 0. The maximum Gasteiger partial charge on any atom is 0.421 e. The van der Waals surface area contributed by atoms with Crippen molar-refractivity contribution in [2.24, 2.45) is 7.05 Å². The van der Waals surface area contributed by atoms with Gasteiger partial charge in [-0.25, -0.2) is 13.4 Å². The van der Waals surface area contributed by atoms with Crippen molar-refractivity contribution in [1.82, 2.24) is 25.1 Å². The van der Waals surface area contributed by atoms with Gasteiger partial charge in [-0.2, -0.15) is 23.3 Å². The number of hydrogen-bond donors (Lipinski definition) is 3. The molecule has 0 unspecified atom stereocenters. The Kier molecular flexibility index (Phi) is 7.90. The van der Waals surface area contributed by atoms with Crippen LogP contribution in [0.5, 0.6) is 5.75 Å². The van der Waals surface area contributed by atoms with Crippen LogP contribution in [-0.4, -0.2) is 52.6 Å². The number of aryl methyl sites for hydroxylation is 2. The molecule has 0 bridgehead atoms. The zero-order chi connectivity index (χ0) is 29.5. The standard InChI is InChI=1S/C27H34F3N7O3S/c1-15(2)41(38,39)25-22(14-37(4)36-25)33-24-20(27(28,29)30)13-32-26(35-24)34-21-11-16(3)19(17-7-9-31-10-8-17)12-23(21)40-18-5-6-18/h11-15,17-18,31H,5-10H2,1-4H3,(H2,32,33,34,35). The van der Waals surface area contributed by atoms with Gasteiger partial charge in [-0.15, -0.1) is 0 Å². The van der Waals surface area contributed by atoms with E-state index in [1.165, 1.54) is 37.3 Å². The third kappa shape index (κ3) is 6.43. The summed E-state index contributed by atoms with van der Waals surface area (Å²) in [7, 11) is -2.41. The molecule has 0 radical (unpaired) electrons. The molecule has 5 rings (SSSR count). The molecule has 2 fully saturated rings. The van der Waals surface area contributed by atoms with Crippen molar-refractivity contribution in [3.8, 4) is 5.75 Å². The summed E-state index contributed by atoms with van der Waals surface area (Å²) in [4.78, 5) is 8.08. The van der Waals surface area contributed by atoms with Crippen LogP contribution in [0.3, 0.4) is 0 Å². The highest BCUT2D eigenvalue weighted by molar-refractivity contribution is 7.92. The van der Waals surface area contributed by atoms with Crippen molar-refractivity contribution >= 4 is 33.0 Å². The molecule has 10 nitrogen and oxygen atoms in total. The van der Waals surface area contributed by atoms with Crippen molar-refractivity contribution in [3.05, 3.63) is 41.2 Å². The predicted octanol–water partition coefficient (Wildman–Crippen LogP) is 5.21. The van der Waals surface area contributed by atoms with Gasteiger partial charge in [-0.1, -0.05) is 0 Å². The van der Waals surface area contributed by atoms with Gasteiger partial charge in [-0.3, -0.25) is 4.68 Å². The lowest BCUT2D eigenvalue weighted by Gasteiger charge is -2.26. The Morgan fingerprint density at radius 3 is 2.44 bits per heavy atom. The van der Waals surface area contributed by atoms with Crippen LogP contribution < -0.4 is 20.7 Å². The van der Waals surface area contributed by atoms with Crippen LogP contribution in [0, 0.1) is 6.92 Å². The summed E-state index contributed by atoms with van der Waals surface area (Å²) in [5.41, 5.74) is 1.51. The van der Waals surface area contributed by atoms with E-state index in [1.54, 1.807) is 0 Å². The molecule has 1 aliphatic carbocycles. The average molecular weight is 594 g/mol. The minimum absolute atomic E-state index is 0.0942. The highest BCUT2D eigenvalue weighted by Crippen LogP contribution is 2.40. The molecule has 2 aromatic heterocycles. The lowest BCUT2D eigenvalue weighted by atomic mass is 9.87. The normalized spacial score (nSPS) is 16.7. The largest absolute Gasteiger partial charge is 0.488 e. The monoisotopic (exact) mass is 593 g/mol. The quantitative estimate of drug-likeness (QED) is 0.307. The summed E-state index contributed by atoms with van der Waals surface area (Å²) in [5, 5.41) is 11.8. The summed E-state index contributed by atoms with van der Waals surface area (Å²) in [6.07, 6.45) is 1.16. The molecular weight excluding hydrogens is 559 g/mol. The molecule has 2 aliphatic rings. The van der Waals surface area contributed by atoms with Crippen LogP contribution in [0.25, 0.3) is 0 Å². The van der Waals surface area contributed by atoms with Gasteiger partial charge in [0.1, 0.15) is 17.1 Å². The fraction of sp³-hybridized carbons (Fsp3) is 0.519. The lowest BCUT2D eigenvalue weighted by molar-refractivity contribution is -0.137. The van der Waals surface area contributed by atoms with Gasteiger partial charge in [-0.05, 0) is 88.7 Å². The number of piperidine rings is 1. The Morgan fingerprint density at radius 2 is 1.80 bits per heavy atom. The number of ether oxygens (including phenoxy) is 1. The zero-order valence-corrected chi connectivity index (χ0v) is 24.2. The third-order valence-electron chi connectivity index (χ3n) is 7.24.